The fraction of sp³-hybridized carbons (Fsp3) is 0.438. The largest absolute Gasteiger partial charge is 0.481 e. The first-order valence-corrected chi connectivity index (χ1v) is 7.21. The molecule has 2 atom stereocenters. The molecule has 0 radical (unpaired) electrons. The highest BCUT2D eigenvalue weighted by Gasteiger charge is 2.22. The van der Waals surface area contributed by atoms with E-state index in [1.54, 1.807) is 6.92 Å². The molecular formula is C16H20O7. The van der Waals surface area contributed by atoms with Crippen molar-refractivity contribution in [2.75, 3.05) is 6.61 Å². The third kappa shape index (κ3) is 6.17. The van der Waals surface area contributed by atoms with Crippen molar-refractivity contribution in [2.45, 2.75) is 38.4 Å². The lowest BCUT2D eigenvalue weighted by atomic mass is 9.99. The number of carbonyl (C=O) groups excluding carboxylic acids is 2. The number of carbonyl (C=O) groups is 3. The zero-order chi connectivity index (χ0) is 17.4. The molecule has 0 amide bonds. The summed E-state index contributed by atoms with van der Waals surface area (Å²) in [6, 6.07) is 5.79. The minimum absolute atomic E-state index is 0.108. The van der Waals surface area contributed by atoms with E-state index in [0.717, 1.165) is 0 Å². The van der Waals surface area contributed by atoms with Gasteiger partial charge >= 0.3 is 11.9 Å². The van der Waals surface area contributed by atoms with Gasteiger partial charge in [-0.1, -0.05) is 24.3 Å². The normalized spacial score (nSPS) is 13.2. The SMILES string of the molecule is CCOC(=O)CC(O)C(O)c1ccc(C(=O)CCC(=O)O)cc1. The van der Waals surface area contributed by atoms with Gasteiger partial charge in [0.15, 0.2) is 5.78 Å². The van der Waals surface area contributed by atoms with Gasteiger partial charge in [0.1, 0.15) is 6.10 Å². The van der Waals surface area contributed by atoms with Gasteiger partial charge in [0.25, 0.3) is 0 Å². The number of carboxylic acid groups (broad SMARTS) is 1. The Kier molecular flexibility index (Phi) is 7.37. The maximum absolute atomic E-state index is 11.7. The number of ether oxygens (including phenoxy) is 1. The van der Waals surface area contributed by atoms with Gasteiger partial charge in [0, 0.05) is 12.0 Å². The topological polar surface area (TPSA) is 121 Å². The molecule has 1 rings (SSSR count). The molecule has 126 valence electrons. The second-order valence-electron chi connectivity index (χ2n) is 4.96. The van der Waals surface area contributed by atoms with Crippen LogP contribution in [0.25, 0.3) is 0 Å². The summed E-state index contributed by atoms with van der Waals surface area (Å²) in [5.41, 5.74) is 0.665. The number of aliphatic carboxylic acids is 1. The highest BCUT2D eigenvalue weighted by molar-refractivity contribution is 5.97. The van der Waals surface area contributed by atoms with Crippen molar-refractivity contribution in [3.63, 3.8) is 0 Å². The number of ketones is 1. The smallest absolute Gasteiger partial charge is 0.308 e. The first kappa shape index (κ1) is 18.8. The monoisotopic (exact) mass is 324 g/mol. The molecule has 0 spiro atoms. The predicted octanol–water partition coefficient (Wildman–Crippen LogP) is 1.08. The van der Waals surface area contributed by atoms with E-state index in [4.69, 9.17) is 9.84 Å². The van der Waals surface area contributed by atoms with Crippen molar-refractivity contribution in [3.05, 3.63) is 35.4 Å². The van der Waals surface area contributed by atoms with E-state index in [1.165, 1.54) is 24.3 Å². The molecule has 23 heavy (non-hydrogen) atoms. The standard InChI is InChI=1S/C16H20O7/c1-2-23-15(21)9-13(18)16(22)11-5-3-10(4-6-11)12(17)7-8-14(19)20/h3-6,13,16,18,22H,2,7-9H2,1H3,(H,19,20). The molecule has 0 fully saturated rings. The van der Waals surface area contributed by atoms with E-state index < -0.39 is 24.1 Å². The van der Waals surface area contributed by atoms with Crippen molar-refractivity contribution in [2.24, 2.45) is 0 Å². The lowest BCUT2D eigenvalue weighted by molar-refractivity contribution is -0.147. The molecule has 0 aliphatic rings. The Morgan fingerprint density at radius 1 is 1.09 bits per heavy atom. The third-order valence-electron chi connectivity index (χ3n) is 3.19. The van der Waals surface area contributed by atoms with Crippen molar-refractivity contribution in [1.82, 2.24) is 0 Å². The fourth-order valence-electron chi connectivity index (χ4n) is 1.96. The summed E-state index contributed by atoms with van der Waals surface area (Å²) in [5, 5.41) is 28.3. The van der Waals surface area contributed by atoms with Gasteiger partial charge in [0.05, 0.1) is 25.6 Å². The fourth-order valence-corrected chi connectivity index (χ4v) is 1.96. The first-order chi connectivity index (χ1) is 10.8. The van der Waals surface area contributed by atoms with E-state index in [0.29, 0.717) is 11.1 Å². The maximum atomic E-state index is 11.7. The van der Waals surface area contributed by atoms with Crippen LogP contribution in [0.15, 0.2) is 24.3 Å². The molecule has 0 saturated heterocycles. The van der Waals surface area contributed by atoms with Crippen LogP contribution in [0.3, 0.4) is 0 Å². The summed E-state index contributed by atoms with van der Waals surface area (Å²) >= 11 is 0. The highest BCUT2D eigenvalue weighted by atomic mass is 16.5. The summed E-state index contributed by atoms with van der Waals surface area (Å²) in [6.45, 7) is 1.83. The summed E-state index contributed by atoms with van der Waals surface area (Å²) in [4.78, 5) is 33.5. The molecule has 7 heteroatoms. The molecular weight excluding hydrogens is 304 g/mol. The Labute approximate surface area is 133 Å². The van der Waals surface area contributed by atoms with Crippen molar-refractivity contribution >= 4 is 17.7 Å². The van der Waals surface area contributed by atoms with Crippen LogP contribution >= 0.6 is 0 Å². The number of hydrogen-bond donors (Lipinski definition) is 3. The Morgan fingerprint density at radius 2 is 1.70 bits per heavy atom. The van der Waals surface area contributed by atoms with Crippen LogP contribution in [-0.4, -0.2) is 45.8 Å². The summed E-state index contributed by atoms with van der Waals surface area (Å²) < 4.78 is 4.69. The van der Waals surface area contributed by atoms with Crippen LogP contribution in [-0.2, 0) is 14.3 Å². The van der Waals surface area contributed by atoms with E-state index >= 15 is 0 Å². The molecule has 0 heterocycles. The van der Waals surface area contributed by atoms with Gasteiger partial charge in [-0.05, 0) is 12.5 Å². The quantitative estimate of drug-likeness (QED) is 0.459. The molecule has 0 aliphatic heterocycles. The number of hydrogen-bond acceptors (Lipinski definition) is 6. The molecule has 1 aromatic rings. The van der Waals surface area contributed by atoms with Crippen molar-refractivity contribution < 1.29 is 34.4 Å². The van der Waals surface area contributed by atoms with E-state index in [-0.39, 0.29) is 31.7 Å². The molecule has 3 N–H and O–H groups in total. The van der Waals surface area contributed by atoms with Gasteiger partial charge in [-0.3, -0.25) is 14.4 Å². The molecule has 1 aromatic carbocycles. The van der Waals surface area contributed by atoms with Crippen LogP contribution in [0.2, 0.25) is 0 Å². The number of carboxylic acids is 1. The van der Waals surface area contributed by atoms with E-state index in [2.05, 4.69) is 0 Å². The van der Waals surface area contributed by atoms with Gasteiger partial charge in [-0.15, -0.1) is 0 Å². The van der Waals surface area contributed by atoms with Crippen LogP contribution in [0.5, 0.6) is 0 Å². The van der Waals surface area contributed by atoms with Gasteiger partial charge in [-0.2, -0.15) is 0 Å². The van der Waals surface area contributed by atoms with Crippen LogP contribution in [0.1, 0.15) is 48.2 Å². The molecule has 0 aromatic heterocycles. The zero-order valence-electron chi connectivity index (χ0n) is 12.8. The molecule has 2 unspecified atom stereocenters. The summed E-state index contributed by atoms with van der Waals surface area (Å²) in [5.74, 6) is -1.98. The molecule has 0 bridgehead atoms. The van der Waals surface area contributed by atoms with Crippen LogP contribution in [0.4, 0.5) is 0 Å². The average Bonchev–Trinajstić information content (AvgIpc) is 2.52. The Balaban J connectivity index is 2.66. The molecule has 0 aliphatic carbocycles. The second kappa shape index (κ2) is 9.02. The Hall–Kier alpha value is -2.25. The number of esters is 1. The highest BCUT2D eigenvalue weighted by Crippen LogP contribution is 2.20. The average molecular weight is 324 g/mol. The van der Waals surface area contributed by atoms with Crippen molar-refractivity contribution in [1.29, 1.82) is 0 Å². The second-order valence-corrected chi connectivity index (χ2v) is 4.96. The maximum Gasteiger partial charge on any atom is 0.308 e. The third-order valence-corrected chi connectivity index (χ3v) is 3.19. The predicted molar refractivity (Wildman–Crippen MR) is 79.9 cm³/mol. The first-order valence-electron chi connectivity index (χ1n) is 7.21. The van der Waals surface area contributed by atoms with Crippen molar-refractivity contribution in [3.8, 4) is 0 Å². The molecule has 7 nitrogen and oxygen atoms in total. The van der Waals surface area contributed by atoms with E-state index in [9.17, 15) is 24.6 Å². The lowest BCUT2D eigenvalue weighted by Crippen LogP contribution is -2.23. The Bertz CT molecular complexity index is 550. The Morgan fingerprint density at radius 3 is 2.22 bits per heavy atom. The zero-order valence-corrected chi connectivity index (χ0v) is 12.8. The number of Topliss-reactive ketones (excluding diaryl/α,β-unsaturated/α-hetero) is 1. The minimum atomic E-state index is -1.32. The number of rotatable bonds is 9. The van der Waals surface area contributed by atoms with Crippen LogP contribution < -0.4 is 0 Å². The molecule has 0 saturated carbocycles. The van der Waals surface area contributed by atoms with Crippen LogP contribution in [0, 0.1) is 0 Å². The van der Waals surface area contributed by atoms with Gasteiger partial charge in [-0.25, -0.2) is 0 Å². The van der Waals surface area contributed by atoms with E-state index in [1.807, 2.05) is 0 Å². The number of aliphatic hydroxyl groups excluding tert-OH is 2. The van der Waals surface area contributed by atoms with Gasteiger partial charge in [0.2, 0.25) is 0 Å². The number of benzene rings is 1. The summed E-state index contributed by atoms with van der Waals surface area (Å²) in [6.07, 6.45) is -3.30. The summed E-state index contributed by atoms with van der Waals surface area (Å²) in [7, 11) is 0. The van der Waals surface area contributed by atoms with Gasteiger partial charge < -0.3 is 20.1 Å². The number of aliphatic hydroxyl groups is 2. The lowest BCUT2D eigenvalue weighted by Gasteiger charge is -2.17. The minimum Gasteiger partial charge on any atom is -0.481 e.